The smallest absolute Gasteiger partial charge is 0.220 e. The number of nitrogens with two attached hydrogens (primary N) is 1. The summed E-state index contributed by atoms with van der Waals surface area (Å²) in [6.45, 7) is 3.89. The summed E-state index contributed by atoms with van der Waals surface area (Å²) in [6, 6.07) is 8.03. The number of fused-ring (bicyclic) bond motifs is 1. The molecule has 0 saturated heterocycles. The van der Waals surface area contributed by atoms with E-state index < -0.39 is 0 Å². The Kier molecular flexibility index (Phi) is 9.01. The van der Waals surface area contributed by atoms with Gasteiger partial charge in [-0.3, -0.25) is 4.79 Å². The number of halogens is 2. The van der Waals surface area contributed by atoms with Crippen LogP contribution in [0, 0.1) is 6.92 Å². The van der Waals surface area contributed by atoms with E-state index in [9.17, 15) is 4.79 Å². The van der Waals surface area contributed by atoms with Crippen molar-refractivity contribution in [2.45, 2.75) is 26.3 Å². The highest BCUT2D eigenvalue weighted by Crippen LogP contribution is 2.14. The molecular weight excluding hydrogens is 311 g/mol. The van der Waals surface area contributed by atoms with Gasteiger partial charge in [0.25, 0.3) is 0 Å². The molecule has 0 aliphatic rings. The monoisotopic (exact) mass is 332 g/mol. The van der Waals surface area contributed by atoms with Gasteiger partial charge < -0.3 is 15.6 Å². The number of nitrogens with one attached hydrogen (secondary N) is 1. The molecule has 7 heteroatoms. The number of hydrogen-bond donors (Lipinski definition) is 2. The van der Waals surface area contributed by atoms with E-state index in [0.717, 1.165) is 29.8 Å². The van der Waals surface area contributed by atoms with Crippen LogP contribution in [-0.4, -0.2) is 28.5 Å². The minimum absolute atomic E-state index is 0. The van der Waals surface area contributed by atoms with Crippen LogP contribution < -0.4 is 11.1 Å². The number of aryl methyl sites for hydroxylation is 1. The lowest BCUT2D eigenvalue weighted by molar-refractivity contribution is -0.121. The van der Waals surface area contributed by atoms with E-state index >= 15 is 0 Å². The van der Waals surface area contributed by atoms with Gasteiger partial charge in [-0.15, -0.1) is 24.8 Å². The van der Waals surface area contributed by atoms with Crippen LogP contribution in [0.15, 0.2) is 24.3 Å². The Bertz CT molecular complexity index is 571. The molecule has 0 unspecified atom stereocenters. The summed E-state index contributed by atoms with van der Waals surface area (Å²) in [7, 11) is 0. The van der Waals surface area contributed by atoms with Gasteiger partial charge in [-0.05, 0) is 32.0 Å². The summed E-state index contributed by atoms with van der Waals surface area (Å²) in [5, 5.41) is 2.90. The molecule has 2 rings (SSSR count). The number of aromatic nitrogens is 2. The molecule has 1 aromatic carbocycles. The van der Waals surface area contributed by atoms with E-state index in [1.165, 1.54) is 0 Å². The van der Waals surface area contributed by atoms with Gasteiger partial charge in [-0.25, -0.2) is 4.98 Å². The predicted molar refractivity (Wildman–Crippen MR) is 90.3 cm³/mol. The Balaban J connectivity index is 0.00000200. The first-order chi connectivity index (χ1) is 9.22. The van der Waals surface area contributed by atoms with Crippen LogP contribution in [0.1, 0.15) is 18.7 Å². The first kappa shape index (κ1) is 19.7. The van der Waals surface area contributed by atoms with Crippen molar-refractivity contribution in [3.63, 3.8) is 0 Å². The molecule has 5 nitrogen and oxygen atoms in total. The van der Waals surface area contributed by atoms with Crippen molar-refractivity contribution < 1.29 is 4.79 Å². The Hall–Kier alpha value is -1.30. The zero-order valence-electron chi connectivity index (χ0n) is 12.0. The van der Waals surface area contributed by atoms with Crippen molar-refractivity contribution in [2.75, 3.05) is 13.1 Å². The van der Waals surface area contributed by atoms with Gasteiger partial charge in [-0.2, -0.15) is 0 Å². The van der Waals surface area contributed by atoms with E-state index in [-0.39, 0.29) is 30.7 Å². The van der Waals surface area contributed by atoms with Gasteiger partial charge in [-0.1, -0.05) is 12.1 Å². The van der Waals surface area contributed by atoms with Crippen LogP contribution in [0.2, 0.25) is 0 Å². The third kappa shape index (κ3) is 5.19. The molecule has 1 heterocycles. The molecule has 2 aromatic rings. The number of nitrogens with zero attached hydrogens (tertiary/aromatic N) is 2. The second-order valence-electron chi connectivity index (χ2n) is 4.54. The van der Waals surface area contributed by atoms with Gasteiger partial charge in [0.15, 0.2) is 0 Å². The zero-order valence-corrected chi connectivity index (χ0v) is 13.7. The summed E-state index contributed by atoms with van der Waals surface area (Å²) in [6.07, 6.45) is 1.24. The van der Waals surface area contributed by atoms with Gasteiger partial charge in [0.2, 0.25) is 5.91 Å². The minimum atomic E-state index is 0. The van der Waals surface area contributed by atoms with E-state index in [4.69, 9.17) is 5.73 Å². The summed E-state index contributed by atoms with van der Waals surface area (Å²) in [5.74, 6) is 1.03. The van der Waals surface area contributed by atoms with E-state index in [1.807, 2.05) is 31.2 Å². The molecule has 0 fully saturated rings. The van der Waals surface area contributed by atoms with Crippen LogP contribution in [0.4, 0.5) is 0 Å². The first-order valence-corrected chi connectivity index (χ1v) is 6.61. The van der Waals surface area contributed by atoms with Crippen molar-refractivity contribution in [3.05, 3.63) is 30.1 Å². The molecule has 0 atom stereocenters. The maximum Gasteiger partial charge on any atom is 0.220 e. The van der Waals surface area contributed by atoms with Crippen molar-refractivity contribution in [1.29, 1.82) is 0 Å². The standard InChI is InChI=1S/C14H20N4O.2ClH/c1-11-17-12-5-2-3-6-13(12)18(11)10-9-16-14(19)7-4-8-15;;/h2-3,5-6H,4,7-10,15H2,1H3,(H,16,19);2*1H. The van der Waals surface area contributed by atoms with Crippen molar-refractivity contribution in [1.82, 2.24) is 14.9 Å². The van der Waals surface area contributed by atoms with Crippen LogP contribution in [0.25, 0.3) is 11.0 Å². The third-order valence-corrected chi connectivity index (χ3v) is 3.11. The van der Waals surface area contributed by atoms with Gasteiger partial charge in [0.1, 0.15) is 5.82 Å². The zero-order chi connectivity index (χ0) is 13.7. The number of carbonyl (C=O) groups excluding carboxylic acids is 1. The fraction of sp³-hybridized carbons (Fsp3) is 0.429. The Morgan fingerprint density at radius 3 is 2.76 bits per heavy atom. The number of benzene rings is 1. The molecule has 0 saturated carbocycles. The maximum atomic E-state index is 11.5. The summed E-state index contributed by atoms with van der Waals surface area (Å²) in [4.78, 5) is 16.0. The first-order valence-electron chi connectivity index (χ1n) is 6.61. The van der Waals surface area contributed by atoms with E-state index in [0.29, 0.717) is 19.5 Å². The molecule has 0 aliphatic heterocycles. The van der Waals surface area contributed by atoms with Crippen LogP contribution in [0.3, 0.4) is 0 Å². The molecule has 0 aliphatic carbocycles. The molecule has 118 valence electrons. The molecule has 3 N–H and O–H groups in total. The molecule has 0 spiro atoms. The average Bonchev–Trinajstić information content (AvgIpc) is 2.73. The topological polar surface area (TPSA) is 72.9 Å². The second kappa shape index (κ2) is 9.60. The number of para-hydroxylation sites is 2. The molecule has 0 radical (unpaired) electrons. The highest BCUT2D eigenvalue weighted by atomic mass is 35.5. The second-order valence-corrected chi connectivity index (χ2v) is 4.54. The number of amides is 1. The fourth-order valence-electron chi connectivity index (χ4n) is 2.14. The lowest BCUT2D eigenvalue weighted by Gasteiger charge is -2.08. The van der Waals surface area contributed by atoms with Gasteiger partial charge in [0.05, 0.1) is 11.0 Å². The van der Waals surface area contributed by atoms with Crippen LogP contribution in [0.5, 0.6) is 0 Å². The Morgan fingerprint density at radius 2 is 2.05 bits per heavy atom. The normalized spacial score (nSPS) is 9.81. The quantitative estimate of drug-likeness (QED) is 0.850. The lowest BCUT2D eigenvalue weighted by atomic mass is 10.3. The number of hydrogen-bond acceptors (Lipinski definition) is 3. The number of rotatable bonds is 6. The average molecular weight is 333 g/mol. The molecular formula is C14H22Cl2N4O. The highest BCUT2D eigenvalue weighted by Gasteiger charge is 2.06. The van der Waals surface area contributed by atoms with Crippen LogP contribution >= 0.6 is 24.8 Å². The lowest BCUT2D eigenvalue weighted by Crippen LogP contribution is -2.27. The minimum Gasteiger partial charge on any atom is -0.354 e. The maximum absolute atomic E-state index is 11.5. The van der Waals surface area contributed by atoms with Crippen molar-refractivity contribution >= 4 is 41.8 Å². The molecule has 0 bridgehead atoms. The highest BCUT2D eigenvalue weighted by molar-refractivity contribution is 5.85. The summed E-state index contributed by atoms with van der Waals surface area (Å²) in [5.41, 5.74) is 7.47. The SMILES string of the molecule is Cc1nc2ccccc2n1CCNC(=O)CCCN.Cl.Cl. The van der Waals surface area contributed by atoms with Crippen LogP contribution in [-0.2, 0) is 11.3 Å². The molecule has 21 heavy (non-hydrogen) atoms. The fourth-order valence-corrected chi connectivity index (χ4v) is 2.14. The predicted octanol–water partition coefficient (Wildman–Crippen LogP) is 2.04. The number of carbonyl (C=O) groups is 1. The molecule has 1 aromatic heterocycles. The largest absolute Gasteiger partial charge is 0.354 e. The third-order valence-electron chi connectivity index (χ3n) is 3.11. The van der Waals surface area contributed by atoms with E-state index in [1.54, 1.807) is 0 Å². The Morgan fingerprint density at radius 1 is 1.33 bits per heavy atom. The summed E-state index contributed by atoms with van der Waals surface area (Å²) < 4.78 is 2.12. The van der Waals surface area contributed by atoms with Gasteiger partial charge >= 0.3 is 0 Å². The van der Waals surface area contributed by atoms with Gasteiger partial charge in [0, 0.05) is 19.5 Å². The van der Waals surface area contributed by atoms with E-state index in [2.05, 4.69) is 14.9 Å². The number of imidazole rings is 1. The summed E-state index contributed by atoms with van der Waals surface area (Å²) >= 11 is 0. The van der Waals surface area contributed by atoms with Crippen molar-refractivity contribution in [2.24, 2.45) is 5.73 Å². The Labute approximate surface area is 137 Å². The van der Waals surface area contributed by atoms with Crippen molar-refractivity contribution in [3.8, 4) is 0 Å². The molecule has 1 amide bonds.